The van der Waals surface area contributed by atoms with E-state index in [1.165, 1.54) is 51.0 Å². The molecule has 0 saturated carbocycles. The molecule has 8 rings (SSSR count). The van der Waals surface area contributed by atoms with E-state index in [4.69, 9.17) is 0 Å². The third kappa shape index (κ3) is 5.63. The van der Waals surface area contributed by atoms with Crippen LogP contribution >= 0.6 is 0 Å². The fraction of sp³-hybridized carbons (Fsp3) is 0.213. The highest BCUT2D eigenvalue weighted by Gasteiger charge is 2.48. The van der Waals surface area contributed by atoms with Gasteiger partial charge in [0.15, 0.2) is 5.71 Å². The van der Waals surface area contributed by atoms with Crippen LogP contribution in [0.1, 0.15) is 47.2 Å². The van der Waals surface area contributed by atoms with Crippen LogP contribution in [0.2, 0.25) is 0 Å². The van der Waals surface area contributed by atoms with Crippen molar-refractivity contribution < 1.29 is 17.7 Å². The summed E-state index contributed by atoms with van der Waals surface area (Å²) in [5, 5.41) is 4.71. The zero-order chi connectivity index (χ0) is 36.4. The molecule has 2 aliphatic heterocycles. The monoisotopic (exact) mass is 691 g/mol. The summed E-state index contributed by atoms with van der Waals surface area (Å²) < 4.78 is 44.4. The molecule has 5 heteroatoms. The molecule has 2 heterocycles. The average Bonchev–Trinajstić information content (AvgIpc) is 3.45. The second-order valence-electron chi connectivity index (χ2n) is 15.0. The minimum Gasteiger partial charge on any atom is -0.347 e. The number of alkyl halides is 3. The minimum absolute atomic E-state index is 0.311. The quantitative estimate of drug-likeness (QED) is 0.158. The Balaban J connectivity index is 1.21. The number of halogens is 3. The summed E-state index contributed by atoms with van der Waals surface area (Å²) in [6, 6.07) is 40.7. The Bertz CT molecular complexity index is 2490. The van der Waals surface area contributed by atoms with Crippen molar-refractivity contribution in [3.8, 4) is 0 Å². The standard InChI is InChI=1S/C47H42F3N2/c1-31-17-23-41-39(25-31)45(2,29-32-18-20-34-11-6-8-13-36(34)26-32)43(51(41)4)15-10-16-44-46(3,30-33-19-21-35-12-7-9-14-37(35)27-33)40-28-38(47(48,49)50)22-24-42(40)52(44)5/h6-28H,29-30H2,1-5H3/q+1. The highest BCUT2D eigenvalue weighted by Crippen LogP contribution is 2.50. The van der Waals surface area contributed by atoms with E-state index < -0.39 is 17.2 Å². The van der Waals surface area contributed by atoms with Crippen molar-refractivity contribution in [2.45, 2.75) is 50.6 Å². The topological polar surface area (TPSA) is 6.25 Å². The van der Waals surface area contributed by atoms with Crippen LogP contribution in [-0.4, -0.2) is 24.4 Å². The van der Waals surface area contributed by atoms with Gasteiger partial charge in [-0.05, 0) is 96.1 Å². The van der Waals surface area contributed by atoms with E-state index in [1.54, 1.807) is 6.07 Å². The zero-order valence-electron chi connectivity index (χ0n) is 30.2. The summed E-state index contributed by atoms with van der Waals surface area (Å²) in [7, 11) is 4.10. The van der Waals surface area contributed by atoms with Crippen LogP contribution < -0.4 is 4.90 Å². The lowest BCUT2D eigenvalue weighted by molar-refractivity contribution is -0.401. The molecule has 6 aromatic rings. The molecule has 2 nitrogen and oxygen atoms in total. The molecule has 2 atom stereocenters. The van der Waals surface area contributed by atoms with E-state index in [0.29, 0.717) is 12.0 Å². The molecule has 2 unspecified atom stereocenters. The second kappa shape index (κ2) is 12.4. The molecule has 0 amide bonds. The van der Waals surface area contributed by atoms with Gasteiger partial charge in [-0.1, -0.05) is 109 Å². The van der Waals surface area contributed by atoms with Gasteiger partial charge in [-0.15, -0.1) is 0 Å². The first-order chi connectivity index (χ1) is 24.8. The number of allylic oxidation sites excluding steroid dienone is 4. The van der Waals surface area contributed by atoms with Gasteiger partial charge in [-0.2, -0.15) is 17.7 Å². The number of hydrogen-bond donors (Lipinski definition) is 0. The van der Waals surface area contributed by atoms with E-state index in [1.807, 2.05) is 19.2 Å². The maximum Gasteiger partial charge on any atom is 0.416 e. The highest BCUT2D eigenvalue weighted by molar-refractivity contribution is 6.04. The van der Waals surface area contributed by atoms with E-state index in [0.717, 1.165) is 34.2 Å². The van der Waals surface area contributed by atoms with Crippen molar-refractivity contribution in [1.29, 1.82) is 0 Å². The molecule has 0 bridgehead atoms. The molecular formula is C47H42F3N2+. The van der Waals surface area contributed by atoms with Crippen LogP contribution in [0.4, 0.5) is 24.5 Å². The smallest absolute Gasteiger partial charge is 0.347 e. The van der Waals surface area contributed by atoms with Crippen LogP contribution in [0.25, 0.3) is 21.5 Å². The number of rotatable bonds is 6. The summed E-state index contributed by atoms with van der Waals surface area (Å²) in [5.41, 5.74) is 8.01. The first kappa shape index (κ1) is 33.7. The molecular weight excluding hydrogens is 650 g/mol. The summed E-state index contributed by atoms with van der Waals surface area (Å²) in [6.07, 6.45) is 3.36. The zero-order valence-corrected chi connectivity index (χ0v) is 30.2. The number of likely N-dealkylation sites (N-methyl/N-ethyl adjacent to an activating group) is 1. The maximum atomic E-state index is 14.1. The van der Waals surface area contributed by atoms with Crippen molar-refractivity contribution in [3.63, 3.8) is 0 Å². The predicted octanol–water partition coefficient (Wildman–Crippen LogP) is 11.6. The third-order valence-electron chi connectivity index (χ3n) is 11.5. The molecule has 52 heavy (non-hydrogen) atoms. The van der Waals surface area contributed by atoms with Gasteiger partial charge < -0.3 is 4.90 Å². The number of anilines is 1. The third-order valence-corrected chi connectivity index (χ3v) is 11.5. The van der Waals surface area contributed by atoms with Gasteiger partial charge in [0.2, 0.25) is 5.69 Å². The number of hydrogen-bond acceptors (Lipinski definition) is 1. The Labute approximate surface area is 303 Å². The molecule has 260 valence electrons. The molecule has 0 aliphatic carbocycles. The van der Waals surface area contributed by atoms with Gasteiger partial charge in [-0.25, -0.2) is 0 Å². The van der Waals surface area contributed by atoms with Gasteiger partial charge in [0.05, 0.1) is 11.0 Å². The first-order valence-electron chi connectivity index (χ1n) is 17.9. The van der Waals surface area contributed by atoms with E-state index in [2.05, 4.69) is 147 Å². The Kier molecular flexibility index (Phi) is 8.02. The number of aryl methyl sites for hydroxylation is 1. The second-order valence-corrected chi connectivity index (χ2v) is 15.0. The van der Waals surface area contributed by atoms with Crippen LogP contribution in [-0.2, 0) is 29.8 Å². The summed E-state index contributed by atoms with van der Waals surface area (Å²) in [4.78, 5) is 2.29. The number of benzene rings is 6. The Morgan fingerprint density at radius 2 is 1.27 bits per heavy atom. The van der Waals surface area contributed by atoms with Gasteiger partial charge in [-0.3, -0.25) is 0 Å². The van der Waals surface area contributed by atoms with Crippen LogP contribution in [0, 0.1) is 6.92 Å². The van der Waals surface area contributed by atoms with Gasteiger partial charge >= 0.3 is 6.18 Å². The van der Waals surface area contributed by atoms with Crippen molar-refractivity contribution in [1.82, 2.24) is 0 Å². The largest absolute Gasteiger partial charge is 0.416 e. The maximum absolute atomic E-state index is 14.1. The molecule has 0 N–H and O–H groups in total. The lowest BCUT2D eigenvalue weighted by Crippen LogP contribution is -2.33. The lowest BCUT2D eigenvalue weighted by atomic mass is 9.73. The SMILES string of the molecule is Cc1ccc2c(c1)C(C)(Cc1ccc3ccccc3c1)C(=CC=CC1=[N+](C)c3ccc(C(F)(F)F)cc3C1(C)Cc1ccc3ccccc3c1)N2C. The van der Waals surface area contributed by atoms with Crippen LogP contribution in [0.3, 0.4) is 0 Å². The van der Waals surface area contributed by atoms with Crippen molar-refractivity contribution in [3.05, 3.63) is 179 Å². The average molecular weight is 692 g/mol. The molecule has 2 aliphatic rings. The molecule has 0 spiro atoms. The fourth-order valence-electron chi connectivity index (χ4n) is 8.81. The Hall–Kier alpha value is -5.42. The van der Waals surface area contributed by atoms with Gasteiger partial charge in [0.25, 0.3) is 0 Å². The van der Waals surface area contributed by atoms with E-state index in [9.17, 15) is 13.2 Å². The van der Waals surface area contributed by atoms with Crippen LogP contribution in [0.15, 0.2) is 145 Å². The van der Waals surface area contributed by atoms with Crippen molar-refractivity contribution in [2.24, 2.45) is 0 Å². The normalized spacial score (nSPS) is 20.8. The summed E-state index contributed by atoms with van der Waals surface area (Å²) in [6.45, 7) is 6.56. The summed E-state index contributed by atoms with van der Waals surface area (Å²) in [5.74, 6) is 0. The summed E-state index contributed by atoms with van der Waals surface area (Å²) >= 11 is 0. The molecule has 0 aromatic heterocycles. The first-order valence-corrected chi connectivity index (χ1v) is 17.9. The Morgan fingerprint density at radius 1 is 0.673 bits per heavy atom. The Morgan fingerprint density at radius 3 is 1.88 bits per heavy atom. The molecule has 0 fully saturated rings. The van der Waals surface area contributed by atoms with Crippen LogP contribution in [0.5, 0.6) is 0 Å². The number of nitrogens with zero attached hydrogens (tertiary/aromatic N) is 2. The minimum atomic E-state index is -4.43. The van der Waals surface area contributed by atoms with Gasteiger partial charge in [0.1, 0.15) is 7.05 Å². The highest BCUT2D eigenvalue weighted by atomic mass is 19.4. The predicted molar refractivity (Wildman–Crippen MR) is 209 cm³/mol. The molecule has 6 aromatic carbocycles. The van der Waals surface area contributed by atoms with Crippen molar-refractivity contribution >= 4 is 38.6 Å². The van der Waals surface area contributed by atoms with Crippen molar-refractivity contribution in [2.75, 3.05) is 19.0 Å². The molecule has 0 radical (unpaired) electrons. The lowest BCUT2D eigenvalue weighted by Gasteiger charge is -2.29. The number of fused-ring (bicyclic) bond motifs is 4. The van der Waals surface area contributed by atoms with Gasteiger partial charge in [0, 0.05) is 41.6 Å². The fourth-order valence-corrected chi connectivity index (χ4v) is 8.81. The van der Waals surface area contributed by atoms with E-state index >= 15 is 0 Å². The van der Waals surface area contributed by atoms with E-state index in [-0.39, 0.29) is 5.41 Å². The molecule has 0 saturated heterocycles.